The summed E-state index contributed by atoms with van der Waals surface area (Å²) in [6.07, 6.45) is 0.941. The summed E-state index contributed by atoms with van der Waals surface area (Å²) >= 11 is 0. The number of nitrogens with one attached hydrogen (secondary N) is 1. The Bertz CT molecular complexity index is 952. The third-order valence-corrected chi connectivity index (χ3v) is 5.67. The van der Waals surface area contributed by atoms with Gasteiger partial charge in [-0.1, -0.05) is 17.3 Å². The topological polar surface area (TPSA) is 66.7 Å². The van der Waals surface area contributed by atoms with Crippen LogP contribution < -0.4 is 15.0 Å². The lowest BCUT2D eigenvalue weighted by molar-refractivity contribution is 0.244. The van der Waals surface area contributed by atoms with E-state index in [1.165, 1.54) is 11.3 Å². The number of anilines is 1. The summed E-state index contributed by atoms with van der Waals surface area (Å²) in [5, 5.41) is 7.85. The van der Waals surface area contributed by atoms with Gasteiger partial charge in [-0.05, 0) is 55.4 Å². The molecule has 1 saturated heterocycles. The molecule has 0 amide bonds. The van der Waals surface area contributed by atoms with Gasteiger partial charge in [-0.2, -0.15) is 4.98 Å². The zero-order valence-electron chi connectivity index (χ0n) is 18.0. The molecule has 0 spiro atoms. The number of likely N-dealkylation sites (tertiary alicyclic amines) is 1. The fourth-order valence-electron chi connectivity index (χ4n) is 3.84. The standard InChI is InChI=1S/C23H29N5O2/c1-27(2)19-9-5-16(6-10-19)14-24-18-13-21(28(3)15-18)23-25-22(26-30-23)17-7-11-20(29-4)12-8-17/h5-12,18,21,24H,13-15H2,1-4H3. The van der Waals surface area contributed by atoms with E-state index < -0.39 is 0 Å². The lowest BCUT2D eigenvalue weighted by Crippen LogP contribution is -2.30. The van der Waals surface area contributed by atoms with Gasteiger partial charge in [0.05, 0.1) is 13.2 Å². The van der Waals surface area contributed by atoms with Gasteiger partial charge in [-0.3, -0.25) is 4.90 Å². The van der Waals surface area contributed by atoms with Crippen molar-refractivity contribution < 1.29 is 9.26 Å². The first-order valence-corrected chi connectivity index (χ1v) is 10.2. The minimum atomic E-state index is 0.123. The lowest BCUT2D eigenvalue weighted by Gasteiger charge is -2.15. The molecule has 2 unspecified atom stereocenters. The molecule has 1 aromatic heterocycles. The average Bonchev–Trinajstić information content (AvgIpc) is 3.39. The highest BCUT2D eigenvalue weighted by molar-refractivity contribution is 5.55. The molecule has 0 saturated carbocycles. The Morgan fingerprint density at radius 3 is 2.53 bits per heavy atom. The van der Waals surface area contributed by atoms with E-state index in [9.17, 15) is 0 Å². The molecule has 7 heteroatoms. The van der Waals surface area contributed by atoms with E-state index in [4.69, 9.17) is 9.26 Å². The number of hydrogen-bond acceptors (Lipinski definition) is 7. The molecule has 4 rings (SSSR count). The zero-order chi connectivity index (χ0) is 21.1. The van der Waals surface area contributed by atoms with Crippen LogP contribution in [0.15, 0.2) is 53.1 Å². The van der Waals surface area contributed by atoms with E-state index in [0.717, 1.165) is 30.8 Å². The molecule has 1 N–H and O–H groups in total. The highest BCUT2D eigenvalue weighted by atomic mass is 16.5. The van der Waals surface area contributed by atoms with Gasteiger partial charge >= 0.3 is 0 Å². The van der Waals surface area contributed by atoms with Gasteiger partial charge in [0.25, 0.3) is 0 Å². The first-order chi connectivity index (χ1) is 14.5. The Hall–Kier alpha value is -2.90. The predicted molar refractivity (Wildman–Crippen MR) is 118 cm³/mol. The monoisotopic (exact) mass is 407 g/mol. The number of rotatable bonds is 7. The van der Waals surface area contributed by atoms with Gasteiger partial charge < -0.3 is 19.5 Å². The second-order valence-corrected chi connectivity index (χ2v) is 8.01. The maximum Gasteiger partial charge on any atom is 0.244 e. The van der Waals surface area contributed by atoms with Crippen molar-refractivity contribution in [3.8, 4) is 17.1 Å². The lowest BCUT2D eigenvalue weighted by atomic mass is 10.1. The normalized spacial score (nSPS) is 19.2. The Morgan fingerprint density at radius 2 is 1.87 bits per heavy atom. The molecule has 0 bridgehead atoms. The van der Waals surface area contributed by atoms with Crippen LogP contribution in [-0.4, -0.2) is 55.9 Å². The minimum absolute atomic E-state index is 0.123. The van der Waals surface area contributed by atoms with Gasteiger partial charge in [0.1, 0.15) is 5.75 Å². The summed E-state index contributed by atoms with van der Waals surface area (Å²) < 4.78 is 10.8. The number of nitrogens with zero attached hydrogens (tertiary/aromatic N) is 4. The molecule has 3 aromatic rings. The third-order valence-electron chi connectivity index (χ3n) is 5.67. The SMILES string of the molecule is COc1ccc(-c2noc(C3CC(NCc4ccc(N(C)C)cc4)CN3C)n2)cc1. The zero-order valence-corrected chi connectivity index (χ0v) is 18.0. The van der Waals surface area contributed by atoms with Crippen molar-refractivity contribution >= 4 is 5.69 Å². The molecule has 0 aliphatic carbocycles. The van der Waals surface area contributed by atoms with Crippen LogP contribution in [0.1, 0.15) is 23.9 Å². The van der Waals surface area contributed by atoms with E-state index in [-0.39, 0.29) is 6.04 Å². The van der Waals surface area contributed by atoms with E-state index in [2.05, 4.69) is 70.7 Å². The van der Waals surface area contributed by atoms with Crippen molar-refractivity contribution in [2.24, 2.45) is 0 Å². The predicted octanol–water partition coefficient (Wildman–Crippen LogP) is 3.35. The van der Waals surface area contributed by atoms with Crippen LogP contribution in [0.25, 0.3) is 11.4 Å². The van der Waals surface area contributed by atoms with Crippen LogP contribution in [0.2, 0.25) is 0 Å². The molecule has 30 heavy (non-hydrogen) atoms. The maximum atomic E-state index is 5.61. The molecule has 1 aliphatic heterocycles. The Labute approximate surface area is 177 Å². The van der Waals surface area contributed by atoms with Gasteiger partial charge in [0.15, 0.2) is 0 Å². The van der Waals surface area contributed by atoms with E-state index in [1.54, 1.807) is 7.11 Å². The van der Waals surface area contributed by atoms with Crippen LogP contribution >= 0.6 is 0 Å². The number of likely N-dealkylation sites (N-methyl/N-ethyl adjacent to an activating group) is 1. The summed E-state index contributed by atoms with van der Waals surface area (Å²) in [4.78, 5) is 9.04. The molecular formula is C23H29N5O2. The number of ether oxygens (including phenoxy) is 1. The number of aromatic nitrogens is 2. The highest BCUT2D eigenvalue weighted by Gasteiger charge is 2.34. The average molecular weight is 408 g/mol. The van der Waals surface area contributed by atoms with E-state index in [0.29, 0.717) is 17.8 Å². The molecule has 7 nitrogen and oxygen atoms in total. The van der Waals surface area contributed by atoms with Crippen LogP contribution in [-0.2, 0) is 6.54 Å². The highest BCUT2D eigenvalue weighted by Crippen LogP contribution is 2.31. The molecule has 2 aromatic carbocycles. The van der Waals surface area contributed by atoms with Crippen LogP contribution in [0.3, 0.4) is 0 Å². The van der Waals surface area contributed by atoms with Gasteiger partial charge in [-0.25, -0.2) is 0 Å². The van der Waals surface area contributed by atoms with Crippen LogP contribution in [0, 0.1) is 0 Å². The number of methoxy groups -OCH3 is 1. The van der Waals surface area contributed by atoms with E-state index in [1.807, 2.05) is 24.3 Å². The first kappa shape index (κ1) is 20.4. The fraction of sp³-hybridized carbons (Fsp3) is 0.391. The molecule has 2 heterocycles. The quantitative estimate of drug-likeness (QED) is 0.644. The van der Waals surface area contributed by atoms with Crippen LogP contribution in [0.5, 0.6) is 5.75 Å². The van der Waals surface area contributed by atoms with Crippen molar-refractivity contribution in [1.82, 2.24) is 20.4 Å². The molecule has 1 aliphatic rings. The van der Waals surface area contributed by atoms with Crippen molar-refractivity contribution in [3.05, 3.63) is 60.0 Å². The number of benzene rings is 2. The largest absolute Gasteiger partial charge is 0.497 e. The molecule has 158 valence electrons. The van der Waals surface area contributed by atoms with Crippen molar-refractivity contribution in [2.45, 2.75) is 25.0 Å². The summed E-state index contributed by atoms with van der Waals surface area (Å²) in [6.45, 7) is 1.79. The van der Waals surface area contributed by atoms with Gasteiger partial charge in [0.2, 0.25) is 11.7 Å². The van der Waals surface area contributed by atoms with Gasteiger partial charge in [-0.15, -0.1) is 0 Å². The van der Waals surface area contributed by atoms with Gasteiger partial charge in [0, 0.05) is 44.5 Å². The maximum absolute atomic E-state index is 5.61. The second kappa shape index (κ2) is 8.85. The summed E-state index contributed by atoms with van der Waals surface area (Å²) in [7, 11) is 7.87. The third kappa shape index (κ3) is 4.47. The molecule has 2 atom stereocenters. The molecule has 1 fully saturated rings. The summed E-state index contributed by atoms with van der Waals surface area (Å²) in [5.74, 6) is 2.09. The molecule has 0 radical (unpaired) electrons. The fourth-order valence-corrected chi connectivity index (χ4v) is 3.84. The first-order valence-electron chi connectivity index (χ1n) is 10.2. The Kier molecular flexibility index (Phi) is 6.01. The van der Waals surface area contributed by atoms with Crippen LogP contribution in [0.4, 0.5) is 5.69 Å². The van der Waals surface area contributed by atoms with Crippen molar-refractivity contribution in [1.29, 1.82) is 0 Å². The Morgan fingerprint density at radius 1 is 1.13 bits per heavy atom. The molecular weight excluding hydrogens is 378 g/mol. The van der Waals surface area contributed by atoms with Crippen molar-refractivity contribution in [3.63, 3.8) is 0 Å². The second-order valence-electron chi connectivity index (χ2n) is 8.01. The minimum Gasteiger partial charge on any atom is -0.497 e. The summed E-state index contributed by atoms with van der Waals surface area (Å²) in [5.41, 5.74) is 3.41. The number of hydrogen-bond donors (Lipinski definition) is 1. The smallest absolute Gasteiger partial charge is 0.244 e. The summed E-state index contributed by atoms with van der Waals surface area (Å²) in [6, 6.07) is 16.9. The van der Waals surface area contributed by atoms with E-state index >= 15 is 0 Å². The Balaban J connectivity index is 1.36. The van der Waals surface area contributed by atoms with Crippen molar-refractivity contribution in [2.75, 3.05) is 39.7 Å².